The summed E-state index contributed by atoms with van der Waals surface area (Å²) in [7, 11) is 0. The summed E-state index contributed by atoms with van der Waals surface area (Å²) in [5.41, 5.74) is 9.83. The maximum absolute atomic E-state index is 13.1. The van der Waals surface area contributed by atoms with Crippen LogP contribution in [0.5, 0.6) is 5.75 Å². The van der Waals surface area contributed by atoms with Crippen LogP contribution in [0.15, 0.2) is 83.9 Å². The first kappa shape index (κ1) is 20.8. The minimum atomic E-state index is -0.514. The molecule has 0 amide bonds. The van der Waals surface area contributed by atoms with Crippen molar-refractivity contribution in [2.45, 2.75) is 25.2 Å². The molecule has 0 radical (unpaired) electrons. The van der Waals surface area contributed by atoms with E-state index in [2.05, 4.69) is 12.6 Å². The third kappa shape index (κ3) is 3.71. The molecule has 1 heterocycles. The lowest BCUT2D eigenvalue weighted by Gasteiger charge is -2.40. The minimum absolute atomic E-state index is 0.0375. The minimum Gasteiger partial charge on any atom is -0.490 e. The van der Waals surface area contributed by atoms with Gasteiger partial charge in [0.25, 0.3) is 0 Å². The second kappa shape index (κ2) is 8.71. The predicted octanol–water partition coefficient (Wildman–Crippen LogP) is 5.21. The van der Waals surface area contributed by atoms with Gasteiger partial charge < -0.3 is 10.5 Å². The van der Waals surface area contributed by atoms with Crippen LogP contribution in [0.3, 0.4) is 0 Å². The quantitative estimate of drug-likeness (QED) is 0.657. The molecule has 0 spiro atoms. The number of ether oxygens (including phenoxy) is 1. The smallest absolute Gasteiger partial charge is 0.161 e. The van der Waals surface area contributed by atoms with Crippen molar-refractivity contribution >= 4 is 23.1 Å². The lowest BCUT2D eigenvalue weighted by Crippen LogP contribution is -2.38. The Balaban J connectivity index is 1.87. The molecule has 0 bridgehead atoms. The van der Waals surface area contributed by atoms with Crippen LogP contribution in [-0.4, -0.2) is 12.4 Å². The maximum Gasteiger partial charge on any atom is 0.161 e. The van der Waals surface area contributed by atoms with Gasteiger partial charge in [-0.1, -0.05) is 48.5 Å². The molecule has 1 aliphatic carbocycles. The van der Waals surface area contributed by atoms with Crippen LogP contribution >= 0.6 is 11.6 Å². The molecule has 1 atom stereocenters. The first-order valence-electron chi connectivity index (χ1n) is 10.1. The van der Waals surface area contributed by atoms with Crippen molar-refractivity contribution in [1.29, 1.82) is 5.26 Å². The molecule has 0 fully saturated rings. The van der Waals surface area contributed by atoms with Gasteiger partial charge in [-0.25, -0.2) is 0 Å². The molecular weight excluding hydrogens is 410 g/mol. The molecule has 31 heavy (non-hydrogen) atoms. The molecule has 2 aromatic carbocycles. The summed E-state index contributed by atoms with van der Waals surface area (Å²) in [5, 5.41) is 10.6. The number of allylic oxidation sites excluding steroid dienone is 3. The van der Waals surface area contributed by atoms with E-state index in [1.807, 2.05) is 42.5 Å². The van der Waals surface area contributed by atoms with E-state index in [0.717, 1.165) is 17.7 Å². The number of benzene rings is 2. The topological polar surface area (TPSA) is 79.3 Å². The molecule has 4 rings (SSSR count). The standard InChI is InChI=1S/C25H22ClN3O2/c1-2-14-31-17-12-10-16(11-13-17)23-18(15-27)25(28)29(20-7-4-3-6-19(20)26)21-8-5-9-22(30)24(21)23/h2-4,6-7,10-13,23H,1,5,8-9,14,28H2/t23-/m0/s1. The van der Waals surface area contributed by atoms with Crippen molar-refractivity contribution in [2.75, 3.05) is 11.5 Å². The number of nitrogens with zero attached hydrogens (tertiary/aromatic N) is 2. The number of hydrogen-bond donors (Lipinski definition) is 1. The summed E-state index contributed by atoms with van der Waals surface area (Å²) in [6.45, 7) is 4.05. The average Bonchev–Trinajstić information content (AvgIpc) is 2.78. The highest BCUT2D eigenvalue weighted by Gasteiger charge is 2.40. The van der Waals surface area contributed by atoms with Crippen molar-refractivity contribution in [1.82, 2.24) is 0 Å². The molecule has 0 saturated heterocycles. The number of carbonyl (C=O) groups is 1. The number of Topliss-reactive ketones (excluding diaryl/α,β-unsaturated/α-hetero) is 1. The molecule has 6 heteroatoms. The maximum atomic E-state index is 13.1. The van der Waals surface area contributed by atoms with Crippen LogP contribution in [0, 0.1) is 11.3 Å². The van der Waals surface area contributed by atoms with E-state index < -0.39 is 5.92 Å². The van der Waals surface area contributed by atoms with Crippen LogP contribution in [0.2, 0.25) is 5.02 Å². The molecule has 5 nitrogen and oxygen atoms in total. The van der Waals surface area contributed by atoms with E-state index >= 15 is 0 Å². The van der Waals surface area contributed by atoms with E-state index in [4.69, 9.17) is 22.1 Å². The number of hydrogen-bond acceptors (Lipinski definition) is 5. The van der Waals surface area contributed by atoms with Crippen LogP contribution in [-0.2, 0) is 4.79 Å². The van der Waals surface area contributed by atoms with E-state index in [1.54, 1.807) is 17.0 Å². The molecular formula is C25H22ClN3O2. The Morgan fingerprint density at radius 3 is 2.65 bits per heavy atom. The Hall–Kier alpha value is -3.49. The fourth-order valence-electron chi connectivity index (χ4n) is 4.24. The van der Waals surface area contributed by atoms with Gasteiger partial charge in [0.1, 0.15) is 18.2 Å². The largest absolute Gasteiger partial charge is 0.490 e. The SMILES string of the molecule is C=CCOc1ccc([C@H]2C(C#N)=C(N)N(c3ccccc3Cl)C3=C2C(=O)CCC3)cc1. The van der Waals surface area contributed by atoms with Crippen LogP contribution < -0.4 is 15.4 Å². The van der Waals surface area contributed by atoms with E-state index in [1.165, 1.54) is 0 Å². The second-order valence-corrected chi connectivity index (χ2v) is 7.84. The zero-order chi connectivity index (χ0) is 22.0. The number of para-hydroxylation sites is 1. The first-order chi connectivity index (χ1) is 15.1. The molecule has 2 aliphatic rings. The van der Waals surface area contributed by atoms with Crippen LogP contribution in [0.4, 0.5) is 5.69 Å². The highest BCUT2D eigenvalue weighted by atomic mass is 35.5. The van der Waals surface area contributed by atoms with Gasteiger partial charge in [-0.15, -0.1) is 0 Å². The monoisotopic (exact) mass is 431 g/mol. The summed E-state index contributed by atoms with van der Waals surface area (Å²) in [6, 6.07) is 17.0. The van der Waals surface area contributed by atoms with E-state index in [9.17, 15) is 10.1 Å². The Labute approximate surface area is 186 Å². The first-order valence-corrected chi connectivity index (χ1v) is 10.5. The fraction of sp³-hybridized carbons (Fsp3) is 0.200. The number of carbonyl (C=O) groups excluding carboxylic acids is 1. The van der Waals surface area contributed by atoms with Gasteiger partial charge in [0, 0.05) is 17.7 Å². The Morgan fingerprint density at radius 2 is 1.97 bits per heavy atom. The number of halogens is 1. The van der Waals surface area contributed by atoms with Gasteiger partial charge in [0.2, 0.25) is 0 Å². The van der Waals surface area contributed by atoms with Gasteiger partial charge in [-0.05, 0) is 42.7 Å². The average molecular weight is 432 g/mol. The lowest BCUT2D eigenvalue weighted by atomic mass is 9.75. The summed E-state index contributed by atoms with van der Waals surface area (Å²) in [4.78, 5) is 14.9. The Morgan fingerprint density at radius 1 is 1.23 bits per heavy atom. The zero-order valence-electron chi connectivity index (χ0n) is 17.0. The summed E-state index contributed by atoms with van der Waals surface area (Å²) < 4.78 is 5.57. The van der Waals surface area contributed by atoms with Crippen LogP contribution in [0.1, 0.15) is 30.7 Å². The highest BCUT2D eigenvalue weighted by molar-refractivity contribution is 6.33. The van der Waals surface area contributed by atoms with Crippen LogP contribution in [0.25, 0.3) is 0 Å². The number of nitriles is 1. The van der Waals surface area contributed by atoms with Gasteiger partial charge in [-0.2, -0.15) is 5.26 Å². The fourth-order valence-corrected chi connectivity index (χ4v) is 4.46. The molecule has 2 N–H and O–H groups in total. The summed E-state index contributed by atoms with van der Waals surface area (Å²) in [6.07, 6.45) is 3.54. The Bertz CT molecular complexity index is 1140. The molecule has 0 aromatic heterocycles. The number of nitrogens with two attached hydrogens (primary N) is 1. The molecule has 0 saturated carbocycles. The van der Waals surface area contributed by atoms with E-state index in [-0.39, 0.29) is 5.78 Å². The summed E-state index contributed by atoms with van der Waals surface area (Å²) in [5.74, 6) is 0.522. The summed E-state index contributed by atoms with van der Waals surface area (Å²) >= 11 is 6.46. The van der Waals surface area contributed by atoms with E-state index in [0.29, 0.717) is 52.9 Å². The van der Waals surface area contributed by atoms with Crippen molar-refractivity contribution < 1.29 is 9.53 Å². The molecule has 0 unspecified atom stereocenters. The number of anilines is 1. The molecule has 1 aliphatic heterocycles. The third-order valence-electron chi connectivity index (χ3n) is 5.59. The third-order valence-corrected chi connectivity index (χ3v) is 5.91. The molecule has 2 aromatic rings. The van der Waals surface area contributed by atoms with Gasteiger partial charge >= 0.3 is 0 Å². The lowest BCUT2D eigenvalue weighted by molar-refractivity contribution is -0.116. The second-order valence-electron chi connectivity index (χ2n) is 7.44. The molecule has 156 valence electrons. The van der Waals surface area contributed by atoms with Crippen molar-refractivity contribution in [3.05, 3.63) is 94.4 Å². The normalized spacial score (nSPS) is 18.5. The van der Waals surface area contributed by atoms with Crippen molar-refractivity contribution in [3.63, 3.8) is 0 Å². The number of rotatable bonds is 5. The predicted molar refractivity (Wildman–Crippen MR) is 122 cm³/mol. The van der Waals surface area contributed by atoms with Gasteiger partial charge in [-0.3, -0.25) is 9.69 Å². The Kier molecular flexibility index (Phi) is 5.83. The van der Waals surface area contributed by atoms with Gasteiger partial charge in [0.05, 0.1) is 28.3 Å². The highest BCUT2D eigenvalue weighted by Crippen LogP contribution is 2.47. The van der Waals surface area contributed by atoms with Crippen molar-refractivity contribution in [2.24, 2.45) is 5.73 Å². The van der Waals surface area contributed by atoms with Gasteiger partial charge in [0.15, 0.2) is 5.78 Å². The number of ketones is 1. The van der Waals surface area contributed by atoms with Crippen molar-refractivity contribution in [3.8, 4) is 11.8 Å². The zero-order valence-corrected chi connectivity index (χ0v) is 17.7.